The molecule has 10 heteroatoms. The van der Waals surface area contributed by atoms with Gasteiger partial charge in [-0.2, -0.15) is 5.01 Å². The van der Waals surface area contributed by atoms with E-state index in [4.69, 9.17) is 32.7 Å². The van der Waals surface area contributed by atoms with Crippen LogP contribution in [0.1, 0.15) is 41.6 Å². The number of hydrogen-bond acceptors (Lipinski definition) is 6. The maximum absolute atomic E-state index is 12.7. The summed E-state index contributed by atoms with van der Waals surface area (Å²) < 4.78 is 11.3. The lowest BCUT2D eigenvalue weighted by molar-refractivity contribution is -0.135. The van der Waals surface area contributed by atoms with Gasteiger partial charge in [0.1, 0.15) is 5.75 Å². The van der Waals surface area contributed by atoms with Crippen molar-refractivity contribution >= 4 is 52.6 Å². The van der Waals surface area contributed by atoms with Crippen molar-refractivity contribution in [2.75, 3.05) is 5.32 Å². The number of anilines is 1. The second-order valence-electron chi connectivity index (χ2n) is 7.53. The number of nitrogens with one attached hydrogen (secondary N) is 1. The van der Waals surface area contributed by atoms with Gasteiger partial charge in [0.2, 0.25) is 18.0 Å². The van der Waals surface area contributed by atoms with Gasteiger partial charge >= 0.3 is 5.97 Å². The molecule has 1 atom stereocenters. The fourth-order valence-electron chi connectivity index (χ4n) is 3.42. The van der Waals surface area contributed by atoms with Crippen LogP contribution in [0, 0.1) is 0 Å². The summed E-state index contributed by atoms with van der Waals surface area (Å²) in [6.07, 6.45) is -0.927. The minimum atomic E-state index is -0.927. The van der Waals surface area contributed by atoms with Crippen molar-refractivity contribution < 1.29 is 23.9 Å². The van der Waals surface area contributed by atoms with Gasteiger partial charge in [-0.15, -0.1) is 5.10 Å². The first-order valence-corrected chi connectivity index (χ1v) is 11.2. The number of carbonyl (C=O) groups excluding carboxylic acids is 3. The smallest absolute Gasteiger partial charge is 0.308 e. The molecule has 3 aromatic rings. The molecule has 0 radical (unpaired) electrons. The van der Waals surface area contributed by atoms with Crippen LogP contribution in [0.4, 0.5) is 5.69 Å². The maximum Gasteiger partial charge on any atom is 0.308 e. The number of rotatable bonds is 5. The van der Waals surface area contributed by atoms with Crippen molar-refractivity contribution in [2.24, 2.45) is 5.10 Å². The summed E-state index contributed by atoms with van der Waals surface area (Å²) in [5.74, 6) is -1.06. The zero-order chi connectivity index (χ0) is 25.1. The highest BCUT2D eigenvalue weighted by molar-refractivity contribution is 6.34. The molecular weight excluding hydrogens is 493 g/mol. The zero-order valence-electron chi connectivity index (χ0n) is 18.6. The molecule has 1 N–H and O–H groups in total. The summed E-state index contributed by atoms with van der Waals surface area (Å²) in [7, 11) is 0. The minimum Gasteiger partial charge on any atom is -0.446 e. The highest BCUT2D eigenvalue weighted by Gasteiger charge is 2.34. The van der Waals surface area contributed by atoms with E-state index in [0.29, 0.717) is 32.4 Å². The van der Waals surface area contributed by atoms with E-state index in [2.05, 4.69) is 10.4 Å². The first-order valence-electron chi connectivity index (χ1n) is 10.4. The Bertz CT molecular complexity index is 1360. The third-order valence-corrected chi connectivity index (χ3v) is 5.51. The van der Waals surface area contributed by atoms with Gasteiger partial charge in [0.05, 0.1) is 16.1 Å². The molecule has 0 spiro atoms. The van der Waals surface area contributed by atoms with E-state index in [1.54, 1.807) is 54.6 Å². The third kappa shape index (κ3) is 5.45. The van der Waals surface area contributed by atoms with E-state index >= 15 is 0 Å². The van der Waals surface area contributed by atoms with Crippen LogP contribution in [0.25, 0.3) is 0 Å². The lowest BCUT2D eigenvalue weighted by atomic mass is 10.1. The molecule has 35 heavy (non-hydrogen) atoms. The van der Waals surface area contributed by atoms with Crippen molar-refractivity contribution in [3.05, 3.63) is 93.5 Å². The number of hydrogen-bond donors (Lipinski definition) is 1. The lowest BCUT2D eigenvalue weighted by Crippen LogP contribution is -2.25. The van der Waals surface area contributed by atoms with Crippen LogP contribution in [0.3, 0.4) is 0 Å². The van der Waals surface area contributed by atoms with Gasteiger partial charge in [-0.25, -0.2) is 0 Å². The largest absolute Gasteiger partial charge is 0.446 e. The molecule has 0 saturated carbocycles. The van der Waals surface area contributed by atoms with Gasteiger partial charge in [0, 0.05) is 30.1 Å². The molecule has 1 heterocycles. The number of carbonyl (C=O) groups is 3. The molecule has 0 unspecified atom stereocenters. The van der Waals surface area contributed by atoms with Crippen molar-refractivity contribution in [1.29, 1.82) is 0 Å². The summed E-state index contributed by atoms with van der Waals surface area (Å²) in [6, 6.07) is 18.1. The van der Waals surface area contributed by atoms with Crippen molar-refractivity contribution in [3.8, 4) is 5.75 Å². The molecule has 3 aromatic carbocycles. The van der Waals surface area contributed by atoms with Crippen molar-refractivity contribution in [2.45, 2.75) is 20.1 Å². The third-order valence-electron chi connectivity index (χ3n) is 4.94. The average molecular weight is 512 g/mol. The van der Waals surface area contributed by atoms with Crippen LogP contribution in [-0.2, 0) is 14.3 Å². The predicted octanol–water partition coefficient (Wildman–Crippen LogP) is 5.41. The summed E-state index contributed by atoms with van der Waals surface area (Å²) in [4.78, 5) is 36.6. The number of amides is 2. The van der Waals surface area contributed by atoms with Gasteiger partial charge in [0.15, 0.2) is 0 Å². The Morgan fingerprint density at radius 2 is 1.77 bits per heavy atom. The van der Waals surface area contributed by atoms with E-state index in [9.17, 15) is 14.4 Å². The van der Waals surface area contributed by atoms with Gasteiger partial charge in [-0.1, -0.05) is 47.5 Å². The zero-order valence-corrected chi connectivity index (χ0v) is 20.1. The predicted molar refractivity (Wildman–Crippen MR) is 131 cm³/mol. The first kappa shape index (κ1) is 24.3. The van der Waals surface area contributed by atoms with Gasteiger partial charge in [-0.05, 0) is 42.5 Å². The quantitative estimate of drug-likeness (QED) is 0.364. The number of halogens is 2. The van der Waals surface area contributed by atoms with Gasteiger partial charge in [0.25, 0.3) is 5.91 Å². The summed E-state index contributed by atoms with van der Waals surface area (Å²) in [5.41, 5.74) is 1.65. The molecule has 0 bridgehead atoms. The average Bonchev–Trinajstić information content (AvgIpc) is 3.26. The highest BCUT2D eigenvalue weighted by atomic mass is 35.5. The Labute approximate surface area is 211 Å². The molecule has 1 aliphatic rings. The molecular formula is C25H19Cl2N3O5. The Morgan fingerprint density at radius 1 is 1.00 bits per heavy atom. The maximum atomic E-state index is 12.7. The normalized spacial score (nSPS) is 14.7. The van der Waals surface area contributed by atoms with Crippen LogP contribution < -0.4 is 10.1 Å². The summed E-state index contributed by atoms with van der Waals surface area (Å²) in [6.45, 7) is 2.61. The van der Waals surface area contributed by atoms with E-state index < -0.39 is 12.2 Å². The second-order valence-corrected chi connectivity index (χ2v) is 8.38. The molecule has 0 aliphatic carbocycles. The summed E-state index contributed by atoms with van der Waals surface area (Å²) >= 11 is 12.3. The standard InChI is InChI=1S/C25H19Cl2N3O5/c1-14(31)30-25(35-24(29-30)20-13-17(26)10-11-22(20)34-15(2)32)16-6-5-7-18(12-16)28-23(33)19-8-3-4-9-21(19)27/h3-13,25H,1-2H3,(H,28,33)/t25-/m0/s1. The number of ether oxygens (including phenoxy) is 2. The Hall–Kier alpha value is -3.88. The van der Waals surface area contributed by atoms with E-state index in [0.717, 1.165) is 5.01 Å². The highest BCUT2D eigenvalue weighted by Crippen LogP contribution is 2.34. The number of nitrogens with zero attached hydrogens (tertiary/aromatic N) is 2. The Balaban J connectivity index is 1.63. The molecule has 0 saturated heterocycles. The number of esters is 1. The van der Waals surface area contributed by atoms with Crippen LogP contribution in [0.15, 0.2) is 71.8 Å². The molecule has 0 aromatic heterocycles. The Kier molecular flexibility index (Phi) is 7.04. The van der Waals surface area contributed by atoms with Crippen molar-refractivity contribution in [3.63, 3.8) is 0 Å². The van der Waals surface area contributed by atoms with Crippen molar-refractivity contribution in [1.82, 2.24) is 5.01 Å². The lowest BCUT2D eigenvalue weighted by Gasteiger charge is -2.20. The van der Waals surface area contributed by atoms with Gasteiger partial charge in [-0.3, -0.25) is 14.4 Å². The molecule has 4 rings (SSSR count). The van der Waals surface area contributed by atoms with Crippen LogP contribution in [0.2, 0.25) is 10.0 Å². The van der Waals surface area contributed by atoms with Crippen LogP contribution in [0.5, 0.6) is 5.75 Å². The minimum absolute atomic E-state index is 0.0504. The fraction of sp³-hybridized carbons (Fsp3) is 0.120. The van der Waals surface area contributed by atoms with E-state index in [1.165, 1.54) is 26.0 Å². The second kappa shape index (κ2) is 10.2. The Morgan fingerprint density at radius 3 is 2.49 bits per heavy atom. The van der Waals surface area contributed by atoms with Crippen LogP contribution >= 0.6 is 23.2 Å². The van der Waals surface area contributed by atoms with E-state index in [-0.39, 0.29) is 23.5 Å². The molecule has 0 fully saturated rings. The first-order chi connectivity index (χ1) is 16.7. The number of hydrazone groups is 1. The molecule has 178 valence electrons. The van der Waals surface area contributed by atoms with Gasteiger partial charge < -0.3 is 14.8 Å². The van der Waals surface area contributed by atoms with E-state index in [1.807, 2.05) is 0 Å². The topological polar surface area (TPSA) is 97.3 Å². The molecule has 1 aliphatic heterocycles. The SMILES string of the molecule is CC(=O)Oc1ccc(Cl)cc1C1=NN(C(C)=O)[C@H](c2cccc(NC(=O)c3ccccc3Cl)c2)O1. The fourth-order valence-corrected chi connectivity index (χ4v) is 3.81. The molecule has 8 nitrogen and oxygen atoms in total. The monoisotopic (exact) mass is 511 g/mol. The number of benzene rings is 3. The summed E-state index contributed by atoms with van der Waals surface area (Å²) in [5, 5.41) is 8.94. The molecule has 2 amide bonds. The van der Waals surface area contributed by atoms with Crippen LogP contribution in [-0.4, -0.2) is 28.7 Å².